The van der Waals surface area contributed by atoms with Gasteiger partial charge in [0, 0.05) is 5.25 Å². The first kappa shape index (κ1) is 10.4. The van der Waals surface area contributed by atoms with E-state index < -0.39 is 0 Å². The normalized spacial score (nSPS) is 35.8. The zero-order valence-corrected chi connectivity index (χ0v) is 8.73. The van der Waals surface area contributed by atoms with Gasteiger partial charge in [0.15, 0.2) is 0 Å². The second-order valence-corrected chi connectivity index (χ2v) is 4.51. The van der Waals surface area contributed by atoms with E-state index in [1.807, 2.05) is 18.8 Å². The van der Waals surface area contributed by atoms with Gasteiger partial charge in [-0.2, -0.15) is 11.8 Å². The summed E-state index contributed by atoms with van der Waals surface area (Å²) in [7, 11) is 1.99. The first-order chi connectivity index (χ1) is 5.79. The van der Waals surface area contributed by atoms with Crippen LogP contribution in [-0.4, -0.2) is 36.3 Å². The van der Waals surface area contributed by atoms with Gasteiger partial charge in [-0.3, -0.25) is 0 Å². The van der Waals surface area contributed by atoms with Gasteiger partial charge in [0.2, 0.25) is 0 Å². The monoisotopic (exact) mass is 189 g/mol. The molecule has 0 unspecified atom stereocenters. The molecule has 1 aliphatic rings. The molecule has 0 saturated heterocycles. The standard InChI is InChI=1S/C9H19NOS/c1-10-6-5-7-3-4-8(11)9(7)12-2/h7-11H,3-6H2,1-2H3/t7-,8-,9-/m0/s1. The molecular formula is C9H19NOS. The van der Waals surface area contributed by atoms with Crippen LogP contribution in [0.4, 0.5) is 0 Å². The number of nitrogens with one attached hydrogen (secondary N) is 1. The van der Waals surface area contributed by atoms with Crippen LogP contribution in [0, 0.1) is 5.92 Å². The zero-order valence-electron chi connectivity index (χ0n) is 7.92. The van der Waals surface area contributed by atoms with Gasteiger partial charge in [-0.1, -0.05) is 0 Å². The van der Waals surface area contributed by atoms with E-state index in [2.05, 4.69) is 11.6 Å². The molecule has 3 atom stereocenters. The summed E-state index contributed by atoms with van der Waals surface area (Å²) >= 11 is 1.82. The van der Waals surface area contributed by atoms with Gasteiger partial charge >= 0.3 is 0 Å². The third-order valence-electron chi connectivity index (χ3n) is 2.71. The molecule has 1 aliphatic carbocycles. The average molecular weight is 189 g/mol. The molecule has 1 fully saturated rings. The Kier molecular flexibility index (Phi) is 4.40. The van der Waals surface area contributed by atoms with Crippen molar-refractivity contribution in [3.63, 3.8) is 0 Å². The van der Waals surface area contributed by atoms with Crippen molar-refractivity contribution < 1.29 is 5.11 Å². The molecule has 1 saturated carbocycles. The first-order valence-electron chi connectivity index (χ1n) is 4.65. The fourth-order valence-electron chi connectivity index (χ4n) is 2.02. The van der Waals surface area contributed by atoms with Gasteiger partial charge in [-0.15, -0.1) is 0 Å². The SMILES string of the molecule is CNCC[C@@H]1CC[C@H](O)[C@H]1SC. The molecule has 1 rings (SSSR count). The minimum atomic E-state index is -0.0538. The maximum Gasteiger partial charge on any atom is 0.0661 e. The Balaban J connectivity index is 2.32. The Morgan fingerprint density at radius 3 is 2.83 bits per heavy atom. The lowest BCUT2D eigenvalue weighted by atomic mass is 10.0. The molecule has 0 spiro atoms. The highest BCUT2D eigenvalue weighted by Crippen LogP contribution is 2.35. The lowest BCUT2D eigenvalue weighted by Gasteiger charge is -2.19. The van der Waals surface area contributed by atoms with Gasteiger partial charge in [-0.25, -0.2) is 0 Å². The smallest absolute Gasteiger partial charge is 0.0661 e. The molecule has 12 heavy (non-hydrogen) atoms. The van der Waals surface area contributed by atoms with E-state index in [0.29, 0.717) is 5.25 Å². The summed E-state index contributed by atoms with van der Waals surface area (Å²) in [6, 6.07) is 0. The summed E-state index contributed by atoms with van der Waals surface area (Å²) < 4.78 is 0. The van der Waals surface area contributed by atoms with E-state index in [4.69, 9.17) is 0 Å². The van der Waals surface area contributed by atoms with Crippen LogP contribution in [0.5, 0.6) is 0 Å². The molecule has 0 aromatic carbocycles. The van der Waals surface area contributed by atoms with Crippen molar-refractivity contribution in [2.24, 2.45) is 5.92 Å². The second kappa shape index (κ2) is 5.10. The number of thioether (sulfide) groups is 1. The van der Waals surface area contributed by atoms with E-state index in [9.17, 15) is 5.11 Å². The molecule has 0 amide bonds. The van der Waals surface area contributed by atoms with Crippen molar-refractivity contribution in [2.45, 2.75) is 30.6 Å². The van der Waals surface area contributed by atoms with Crippen molar-refractivity contribution in [1.82, 2.24) is 5.32 Å². The summed E-state index contributed by atoms with van der Waals surface area (Å²) in [5.74, 6) is 0.724. The topological polar surface area (TPSA) is 32.3 Å². The predicted octanol–water partition coefficient (Wildman–Crippen LogP) is 1.10. The van der Waals surface area contributed by atoms with Crippen LogP contribution >= 0.6 is 11.8 Å². The lowest BCUT2D eigenvalue weighted by Crippen LogP contribution is -2.24. The largest absolute Gasteiger partial charge is 0.392 e. The summed E-state index contributed by atoms with van der Waals surface area (Å²) in [5.41, 5.74) is 0. The zero-order chi connectivity index (χ0) is 8.97. The molecule has 72 valence electrons. The highest BCUT2D eigenvalue weighted by Gasteiger charge is 2.33. The number of aliphatic hydroxyl groups excluding tert-OH is 1. The van der Waals surface area contributed by atoms with Gasteiger partial charge in [0.1, 0.15) is 0 Å². The Morgan fingerprint density at radius 1 is 1.50 bits per heavy atom. The third-order valence-corrected chi connectivity index (χ3v) is 3.96. The number of hydrogen-bond donors (Lipinski definition) is 2. The maximum atomic E-state index is 9.62. The van der Waals surface area contributed by atoms with Crippen LogP contribution in [0.15, 0.2) is 0 Å². The van der Waals surface area contributed by atoms with Crippen LogP contribution < -0.4 is 5.32 Å². The van der Waals surface area contributed by atoms with Crippen LogP contribution in [0.1, 0.15) is 19.3 Å². The van der Waals surface area contributed by atoms with Crippen LogP contribution in [-0.2, 0) is 0 Å². The van der Waals surface area contributed by atoms with Crippen molar-refractivity contribution >= 4 is 11.8 Å². The summed E-state index contributed by atoms with van der Waals surface area (Å²) in [5, 5.41) is 13.3. The molecule has 0 radical (unpaired) electrons. The fourth-order valence-corrected chi connectivity index (χ4v) is 3.12. The van der Waals surface area contributed by atoms with Crippen molar-refractivity contribution in [1.29, 1.82) is 0 Å². The number of rotatable bonds is 4. The van der Waals surface area contributed by atoms with Gasteiger partial charge < -0.3 is 10.4 Å². The fraction of sp³-hybridized carbons (Fsp3) is 1.00. The quantitative estimate of drug-likeness (QED) is 0.694. The Bertz CT molecular complexity index is 132. The van der Waals surface area contributed by atoms with Crippen molar-refractivity contribution in [3.05, 3.63) is 0 Å². The molecule has 0 aromatic heterocycles. The predicted molar refractivity (Wildman–Crippen MR) is 54.6 cm³/mol. The summed E-state index contributed by atoms with van der Waals surface area (Å²) in [4.78, 5) is 0. The van der Waals surface area contributed by atoms with Gasteiger partial charge in [0.05, 0.1) is 6.10 Å². The maximum absolute atomic E-state index is 9.62. The minimum Gasteiger partial charge on any atom is -0.392 e. The second-order valence-electron chi connectivity index (χ2n) is 3.50. The molecule has 2 N–H and O–H groups in total. The molecule has 0 heterocycles. The summed E-state index contributed by atoms with van der Waals surface area (Å²) in [6.45, 7) is 1.08. The number of hydrogen-bond acceptors (Lipinski definition) is 3. The van der Waals surface area contributed by atoms with E-state index in [1.54, 1.807) is 0 Å². The first-order valence-corrected chi connectivity index (χ1v) is 5.94. The Labute approximate surface area is 79.1 Å². The van der Waals surface area contributed by atoms with E-state index in [0.717, 1.165) is 18.9 Å². The van der Waals surface area contributed by atoms with Crippen molar-refractivity contribution in [3.8, 4) is 0 Å². The molecule has 0 bridgehead atoms. The molecular weight excluding hydrogens is 170 g/mol. The van der Waals surface area contributed by atoms with E-state index >= 15 is 0 Å². The highest BCUT2D eigenvalue weighted by molar-refractivity contribution is 7.99. The van der Waals surface area contributed by atoms with E-state index in [1.165, 1.54) is 12.8 Å². The number of aliphatic hydroxyl groups is 1. The molecule has 3 heteroatoms. The van der Waals surface area contributed by atoms with Gasteiger partial charge in [-0.05, 0) is 45.0 Å². The molecule has 0 aliphatic heterocycles. The Hall–Kier alpha value is 0.270. The van der Waals surface area contributed by atoms with Crippen LogP contribution in [0.3, 0.4) is 0 Å². The van der Waals surface area contributed by atoms with Crippen LogP contribution in [0.25, 0.3) is 0 Å². The minimum absolute atomic E-state index is 0.0538. The molecule has 0 aromatic rings. The summed E-state index contributed by atoms with van der Waals surface area (Å²) in [6.07, 6.45) is 5.46. The third kappa shape index (κ3) is 2.38. The van der Waals surface area contributed by atoms with Crippen LogP contribution in [0.2, 0.25) is 0 Å². The van der Waals surface area contributed by atoms with Gasteiger partial charge in [0.25, 0.3) is 0 Å². The average Bonchev–Trinajstić information content (AvgIpc) is 2.43. The lowest BCUT2D eigenvalue weighted by molar-refractivity contribution is 0.183. The molecule has 2 nitrogen and oxygen atoms in total. The van der Waals surface area contributed by atoms with E-state index in [-0.39, 0.29) is 6.10 Å². The Morgan fingerprint density at radius 2 is 2.25 bits per heavy atom. The van der Waals surface area contributed by atoms with Crippen molar-refractivity contribution in [2.75, 3.05) is 19.8 Å². The highest BCUT2D eigenvalue weighted by atomic mass is 32.2.